The number of halogens is 3. The number of carbonyl (C=O) groups excluding carboxylic acids is 1. The number of carbonyl (C=O) groups is 1. The van der Waals surface area contributed by atoms with Crippen molar-refractivity contribution in [2.75, 3.05) is 7.05 Å². The van der Waals surface area contributed by atoms with Gasteiger partial charge in [0.05, 0.1) is 14.7 Å². The lowest BCUT2D eigenvalue weighted by Gasteiger charge is -2.25. The van der Waals surface area contributed by atoms with Crippen LogP contribution in [0.4, 0.5) is 0 Å². The molecule has 0 bridgehead atoms. The van der Waals surface area contributed by atoms with Gasteiger partial charge in [-0.2, -0.15) is 0 Å². The molecule has 0 aliphatic heterocycles. The van der Waals surface area contributed by atoms with Gasteiger partial charge in [0.15, 0.2) is 0 Å². The van der Waals surface area contributed by atoms with Crippen molar-refractivity contribution in [1.82, 2.24) is 4.90 Å². The third-order valence-corrected chi connectivity index (χ3v) is 5.27. The first-order valence-corrected chi connectivity index (χ1v) is 8.24. The van der Waals surface area contributed by atoms with Gasteiger partial charge < -0.3 is 4.90 Å². The minimum Gasteiger partial charge on any atom is -0.334 e. The van der Waals surface area contributed by atoms with Gasteiger partial charge in [-0.05, 0) is 52.7 Å². The second-order valence-electron chi connectivity index (χ2n) is 4.36. The Kier molecular flexibility index (Phi) is 5.13. The zero-order valence-electron chi connectivity index (χ0n) is 10.9. The molecule has 1 unspecified atom stereocenters. The Bertz CT molecular complexity index is 644. The Morgan fingerprint density at radius 2 is 2.00 bits per heavy atom. The molecular formula is C14H12BrCl2NOS. The Balaban J connectivity index is 2.24. The average molecular weight is 393 g/mol. The van der Waals surface area contributed by atoms with Crippen molar-refractivity contribution in [2.24, 2.45) is 0 Å². The van der Waals surface area contributed by atoms with Crippen LogP contribution >= 0.6 is 50.5 Å². The Morgan fingerprint density at radius 1 is 1.30 bits per heavy atom. The molecule has 0 aliphatic carbocycles. The molecule has 2 rings (SSSR count). The van der Waals surface area contributed by atoms with Gasteiger partial charge in [0.2, 0.25) is 0 Å². The van der Waals surface area contributed by atoms with Crippen LogP contribution in [0.25, 0.3) is 0 Å². The minimum atomic E-state index is -0.131. The second-order valence-corrected chi connectivity index (χ2v) is 7.67. The van der Waals surface area contributed by atoms with E-state index in [-0.39, 0.29) is 11.9 Å². The molecule has 1 aromatic heterocycles. The Morgan fingerprint density at radius 3 is 2.55 bits per heavy atom. The molecule has 2 aromatic rings. The number of hydrogen-bond donors (Lipinski definition) is 0. The second kappa shape index (κ2) is 6.48. The number of amides is 1. The van der Waals surface area contributed by atoms with Gasteiger partial charge in [-0.15, -0.1) is 11.3 Å². The molecule has 106 valence electrons. The molecule has 6 heteroatoms. The zero-order chi connectivity index (χ0) is 14.9. The van der Waals surface area contributed by atoms with Crippen molar-refractivity contribution in [1.29, 1.82) is 0 Å². The van der Waals surface area contributed by atoms with Crippen LogP contribution in [0.2, 0.25) is 10.0 Å². The third kappa shape index (κ3) is 3.37. The van der Waals surface area contributed by atoms with Crippen LogP contribution in [0.5, 0.6) is 0 Å². The fourth-order valence-electron chi connectivity index (χ4n) is 1.83. The Hall–Kier alpha value is -0.550. The first-order valence-electron chi connectivity index (χ1n) is 5.87. The van der Waals surface area contributed by atoms with Crippen LogP contribution in [-0.2, 0) is 0 Å². The van der Waals surface area contributed by atoms with Crippen molar-refractivity contribution in [3.63, 3.8) is 0 Å². The lowest BCUT2D eigenvalue weighted by atomic mass is 10.1. The molecule has 0 saturated carbocycles. The normalized spacial score (nSPS) is 12.2. The van der Waals surface area contributed by atoms with Crippen LogP contribution in [-0.4, -0.2) is 17.9 Å². The lowest BCUT2D eigenvalue weighted by Crippen LogP contribution is -2.29. The first-order chi connectivity index (χ1) is 9.40. The van der Waals surface area contributed by atoms with E-state index in [1.165, 1.54) is 11.3 Å². The van der Waals surface area contributed by atoms with E-state index in [1.54, 1.807) is 24.1 Å². The van der Waals surface area contributed by atoms with Crippen LogP contribution in [0.1, 0.15) is 28.2 Å². The fraction of sp³-hybridized carbons (Fsp3) is 0.214. The largest absolute Gasteiger partial charge is 0.334 e. The summed E-state index contributed by atoms with van der Waals surface area (Å²) in [5.74, 6) is -0.0285. The summed E-state index contributed by atoms with van der Waals surface area (Å²) in [6.45, 7) is 1.94. The van der Waals surface area contributed by atoms with Gasteiger partial charge in [0.25, 0.3) is 5.91 Å². The lowest BCUT2D eigenvalue weighted by molar-refractivity contribution is 0.0747. The van der Waals surface area contributed by atoms with E-state index < -0.39 is 0 Å². The van der Waals surface area contributed by atoms with Gasteiger partial charge in [-0.25, -0.2) is 0 Å². The van der Waals surface area contributed by atoms with Gasteiger partial charge in [-0.1, -0.05) is 29.3 Å². The van der Waals surface area contributed by atoms with Gasteiger partial charge >= 0.3 is 0 Å². The predicted molar refractivity (Wildman–Crippen MR) is 89.0 cm³/mol. The average Bonchev–Trinajstić information content (AvgIpc) is 2.83. The van der Waals surface area contributed by atoms with Crippen LogP contribution in [0.15, 0.2) is 34.1 Å². The molecule has 1 heterocycles. The maximum atomic E-state index is 12.4. The molecule has 0 N–H and O–H groups in total. The summed E-state index contributed by atoms with van der Waals surface area (Å²) < 4.78 is 0.937. The van der Waals surface area contributed by atoms with E-state index in [0.29, 0.717) is 14.9 Å². The quantitative estimate of drug-likeness (QED) is 0.660. The Labute approximate surface area is 140 Å². The van der Waals surface area contributed by atoms with Crippen molar-refractivity contribution < 1.29 is 4.79 Å². The summed E-state index contributed by atoms with van der Waals surface area (Å²) in [5.41, 5.74) is 0.877. The van der Waals surface area contributed by atoms with Crippen LogP contribution in [0.3, 0.4) is 0 Å². The van der Waals surface area contributed by atoms with Gasteiger partial charge in [0.1, 0.15) is 0 Å². The fourth-order valence-corrected chi connectivity index (χ4v) is 3.76. The molecule has 0 spiro atoms. The van der Waals surface area contributed by atoms with Crippen molar-refractivity contribution in [2.45, 2.75) is 13.0 Å². The highest BCUT2D eigenvalue weighted by atomic mass is 79.9. The number of benzene rings is 1. The molecule has 1 amide bonds. The number of hydrogen-bond acceptors (Lipinski definition) is 2. The highest BCUT2D eigenvalue weighted by Gasteiger charge is 2.21. The maximum absolute atomic E-state index is 12.4. The van der Waals surface area contributed by atoms with Crippen molar-refractivity contribution >= 4 is 56.4 Å². The summed E-state index contributed by atoms with van der Waals surface area (Å²) in [4.78, 5) is 14.8. The highest BCUT2D eigenvalue weighted by Crippen LogP contribution is 2.31. The molecule has 20 heavy (non-hydrogen) atoms. The van der Waals surface area contributed by atoms with Gasteiger partial charge in [0, 0.05) is 17.1 Å². The van der Waals surface area contributed by atoms with Crippen LogP contribution in [0, 0.1) is 0 Å². The van der Waals surface area contributed by atoms with Crippen molar-refractivity contribution in [3.05, 3.63) is 54.6 Å². The molecule has 0 radical (unpaired) electrons. The number of thiophene rings is 1. The number of rotatable bonds is 3. The standard InChI is InChI=1S/C14H12BrCl2NOS/c1-8(10-4-3-9(16)7-11(10)17)18(2)14(19)12-5-6-13(15)20-12/h3-8H,1-2H3. The summed E-state index contributed by atoms with van der Waals surface area (Å²) in [6.07, 6.45) is 0. The van der Waals surface area contributed by atoms with E-state index in [4.69, 9.17) is 23.2 Å². The molecule has 0 aliphatic rings. The molecule has 1 aromatic carbocycles. The van der Waals surface area contributed by atoms with E-state index in [2.05, 4.69) is 15.9 Å². The maximum Gasteiger partial charge on any atom is 0.264 e. The minimum absolute atomic E-state index is 0.0285. The highest BCUT2D eigenvalue weighted by molar-refractivity contribution is 9.11. The summed E-state index contributed by atoms with van der Waals surface area (Å²) in [7, 11) is 1.77. The SMILES string of the molecule is CC(c1ccc(Cl)cc1Cl)N(C)C(=O)c1ccc(Br)s1. The van der Waals surface area contributed by atoms with E-state index in [1.807, 2.05) is 25.1 Å². The topological polar surface area (TPSA) is 20.3 Å². The molecule has 0 fully saturated rings. The van der Waals surface area contributed by atoms with Crippen molar-refractivity contribution in [3.8, 4) is 0 Å². The molecule has 1 atom stereocenters. The zero-order valence-corrected chi connectivity index (χ0v) is 14.8. The number of nitrogens with zero attached hydrogens (tertiary/aromatic N) is 1. The predicted octanol–water partition coefficient (Wildman–Crippen LogP) is 5.65. The first kappa shape index (κ1) is 15.8. The summed E-state index contributed by atoms with van der Waals surface area (Å²) in [5, 5.41) is 1.15. The molecular weight excluding hydrogens is 381 g/mol. The monoisotopic (exact) mass is 391 g/mol. The molecule has 2 nitrogen and oxygen atoms in total. The van der Waals surface area contributed by atoms with Gasteiger partial charge in [-0.3, -0.25) is 4.79 Å². The van der Waals surface area contributed by atoms with Crippen LogP contribution < -0.4 is 0 Å². The third-order valence-electron chi connectivity index (χ3n) is 3.10. The summed E-state index contributed by atoms with van der Waals surface area (Å²) >= 11 is 16.9. The summed E-state index contributed by atoms with van der Waals surface area (Å²) in [6, 6.07) is 8.86. The smallest absolute Gasteiger partial charge is 0.264 e. The van der Waals surface area contributed by atoms with E-state index in [0.717, 1.165) is 9.35 Å². The molecule has 0 saturated heterocycles. The van der Waals surface area contributed by atoms with E-state index >= 15 is 0 Å². The van der Waals surface area contributed by atoms with E-state index in [9.17, 15) is 4.79 Å².